The fourth-order valence-corrected chi connectivity index (χ4v) is 2.96. The van der Waals surface area contributed by atoms with Gasteiger partial charge in [-0.25, -0.2) is 0 Å². The van der Waals surface area contributed by atoms with Crippen molar-refractivity contribution in [2.75, 3.05) is 23.8 Å². The van der Waals surface area contributed by atoms with Crippen molar-refractivity contribution in [3.8, 4) is 5.75 Å². The van der Waals surface area contributed by atoms with Crippen LogP contribution in [0.1, 0.15) is 0 Å². The highest BCUT2D eigenvalue weighted by Gasteiger charge is 2.22. The Hall–Kier alpha value is -1.94. The zero-order chi connectivity index (χ0) is 13.8. The molecule has 0 unspecified atom stereocenters. The molecule has 2 aromatic carbocycles. The van der Waals surface area contributed by atoms with Crippen molar-refractivity contribution >= 4 is 23.4 Å². The molecule has 0 saturated heterocycles. The molecule has 3 rings (SSSR count). The summed E-state index contributed by atoms with van der Waals surface area (Å²) >= 11 is 1.56. The SMILES string of the molecule is O=C(CSc1ccccc1)N1CCOc2ccccc21. The lowest BCUT2D eigenvalue weighted by molar-refractivity contribution is -0.116. The Balaban J connectivity index is 1.69. The van der Waals surface area contributed by atoms with Gasteiger partial charge in [0, 0.05) is 4.90 Å². The average molecular weight is 285 g/mol. The van der Waals surface area contributed by atoms with E-state index in [1.54, 1.807) is 11.8 Å². The third-order valence-corrected chi connectivity index (χ3v) is 4.13. The molecule has 0 fully saturated rings. The van der Waals surface area contributed by atoms with Crippen LogP contribution in [0.15, 0.2) is 59.5 Å². The van der Waals surface area contributed by atoms with E-state index in [1.807, 2.05) is 59.5 Å². The summed E-state index contributed by atoms with van der Waals surface area (Å²) in [6.45, 7) is 1.17. The van der Waals surface area contributed by atoms with Crippen LogP contribution in [0.3, 0.4) is 0 Å². The van der Waals surface area contributed by atoms with Gasteiger partial charge < -0.3 is 9.64 Å². The van der Waals surface area contributed by atoms with E-state index in [0.29, 0.717) is 18.9 Å². The Kier molecular flexibility index (Phi) is 3.92. The fraction of sp³-hybridized carbons (Fsp3) is 0.188. The Bertz CT molecular complexity index is 600. The maximum Gasteiger partial charge on any atom is 0.237 e. The van der Waals surface area contributed by atoms with Gasteiger partial charge in [0.25, 0.3) is 0 Å². The fourth-order valence-electron chi connectivity index (χ4n) is 2.17. The molecular weight excluding hydrogens is 270 g/mol. The third kappa shape index (κ3) is 2.80. The van der Waals surface area contributed by atoms with E-state index < -0.39 is 0 Å². The molecule has 102 valence electrons. The second kappa shape index (κ2) is 6.01. The molecular formula is C16H15NO2S. The van der Waals surface area contributed by atoms with Crippen molar-refractivity contribution in [3.63, 3.8) is 0 Å². The largest absolute Gasteiger partial charge is 0.490 e. The van der Waals surface area contributed by atoms with Gasteiger partial charge in [0.2, 0.25) is 5.91 Å². The van der Waals surface area contributed by atoms with Crippen LogP contribution >= 0.6 is 11.8 Å². The highest BCUT2D eigenvalue weighted by molar-refractivity contribution is 8.00. The Morgan fingerprint density at radius 1 is 1.10 bits per heavy atom. The van der Waals surface area contributed by atoms with E-state index in [-0.39, 0.29) is 5.91 Å². The van der Waals surface area contributed by atoms with Crippen LogP contribution < -0.4 is 9.64 Å². The minimum Gasteiger partial charge on any atom is -0.490 e. The number of thioether (sulfide) groups is 1. The normalized spacial score (nSPS) is 13.5. The molecule has 1 heterocycles. The number of amides is 1. The van der Waals surface area contributed by atoms with Gasteiger partial charge in [-0.15, -0.1) is 11.8 Å². The van der Waals surface area contributed by atoms with Gasteiger partial charge in [-0.1, -0.05) is 30.3 Å². The molecule has 2 aromatic rings. The van der Waals surface area contributed by atoms with E-state index in [1.165, 1.54) is 0 Å². The number of carbonyl (C=O) groups excluding carboxylic acids is 1. The Morgan fingerprint density at radius 2 is 1.85 bits per heavy atom. The molecule has 4 heteroatoms. The van der Waals surface area contributed by atoms with Crippen molar-refractivity contribution in [2.45, 2.75) is 4.90 Å². The van der Waals surface area contributed by atoms with Crippen molar-refractivity contribution in [2.24, 2.45) is 0 Å². The van der Waals surface area contributed by atoms with Crippen LogP contribution in [0.2, 0.25) is 0 Å². The van der Waals surface area contributed by atoms with E-state index in [4.69, 9.17) is 4.74 Å². The molecule has 0 saturated carbocycles. The zero-order valence-electron chi connectivity index (χ0n) is 11.0. The quantitative estimate of drug-likeness (QED) is 0.811. The molecule has 0 bridgehead atoms. The van der Waals surface area contributed by atoms with E-state index >= 15 is 0 Å². The lowest BCUT2D eigenvalue weighted by atomic mass is 10.2. The van der Waals surface area contributed by atoms with Crippen LogP contribution in [-0.2, 0) is 4.79 Å². The minimum atomic E-state index is 0.120. The first-order valence-corrected chi connectivity index (χ1v) is 7.53. The zero-order valence-corrected chi connectivity index (χ0v) is 11.8. The summed E-state index contributed by atoms with van der Waals surface area (Å²) in [6.07, 6.45) is 0. The summed E-state index contributed by atoms with van der Waals surface area (Å²) in [5.74, 6) is 1.35. The molecule has 0 atom stereocenters. The molecule has 1 aliphatic rings. The summed E-state index contributed by atoms with van der Waals surface area (Å²) in [6, 6.07) is 17.7. The molecule has 1 amide bonds. The molecule has 20 heavy (non-hydrogen) atoms. The van der Waals surface area contributed by atoms with E-state index in [9.17, 15) is 4.79 Å². The van der Waals surface area contributed by atoms with Crippen molar-refractivity contribution in [1.29, 1.82) is 0 Å². The van der Waals surface area contributed by atoms with Crippen LogP contribution in [-0.4, -0.2) is 24.8 Å². The van der Waals surface area contributed by atoms with Crippen LogP contribution in [0, 0.1) is 0 Å². The smallest absolute Gasteiger partial charge is 0.237 e. The summed E-state index contributed by atoms with van der Waals surface area (Å²) in [7, 11) is 0. The average Bonchev–Trinajstić information content (AvgIpc) is 2.53. The van der Waals surface area contributed by atoms with Gasteiger partial charge in [0.1, 0.15) is 12.4 Å². The van der Waals surface area contributed by atoms with Gasteiger partial charge in [-0.05, 0) is 24.3 Å². The minimum absolute atomic E-state index is 0.120. The first-order valence-electron chi connectivity index (χ1n) is 6.54. The van der Waals surface area contributed by atoms with Gasteiger partial charge in [0.15, 0.2) is 0 Å². The van der Waals surface area contributed by atoms with Gasteiger partial charge in [0.05, 0.1) is 18.0 Å². The number of para-hydroxylation sites is 2. The summed E-state index contributed by atoms with van der Waals surface area (Å²) in [5, 5.41) is 0. The monoisotopic (exact) mass is 285 g/mol. The van der Waals surface area contributed by atoms with Gasteiger partial charge >= 0.3 is 0 Å². The number of hydrogen-bond acceptors (Lipinski definition) is 3. The summed E-state index contributed by atoms with van der Waals surface area (Å²) < 4.78 is 5.57. The number of hydrogen-bond donors (Lipinski definition) is 0. The highest BCUT2D eigenvalue weighted by Crippen LogP contribution is 2.31. The van der Waals surface area contributed by atoms with E-state index in [0.717, 1.165) is 16.3 Å². The van der Waals surface area contributed by atoms with Gasteiger partial charge in [-0.3, -0.25) is 4.79 Å². The third-order valence-electron chi connectivity index (χ3n) is 3.14. The first-order chi connectivity index (χ1) is 9.84. The molecule has 0 aromatic heterocycles. The number of benzene rings is 2. The second-order valence-corrected chi connectivity index (χ2v) is 5.51. The van der Waals surface area contributed by atoms with Crippen LogP contribution in [0.25, 0.3) is 0 Å². The number of anilines is 1. The standard InChI is InChI=1S/C16H15NO2S/c18-16(12-20-13-6-2-1-3-7-13)17-10-11-19-15-9-5-4-8-14(15)17/h1-9H,10-12H2. The lowest BCUT2D eigenvalue weighted by Gasteiger charge is -2.29. The maximum atomic E-state index is 12.4. The van der Waals surface area contributed by atoms with Crippen molar-refractivity contribution in [3.05, 3.63) is 54.6 Å². The predicted molar refractivity (Wildman–Crippen MR) is 81.5 cm³/mol. The Labute approximate surface area is 122 Å². The number of ether oxygens (including phenoxy) is 1. The van der Waals surface area contributed by atoms with Crippen LogP contribution in [0.5, 0.6) is 5.75 Å². The van der Waals surface area contributed by atoms with Gasteiger partial charge in [-0.2, -0.15) is 0 Å². The maximum absolute atomic E-state index is 12.4. The van der Waals surface area contributed by atoms with E-state index in [2.05, 4.69) is 0 Å². The molecule has 1 aliphatic heterocycles. The lowest BCUT2D eigenvalue weighted by Crippen LogP contribution is -2.38. The van der Waals surface area contributed by atoms with Crippen LogP contribution in [0.4, 0.5) is 5.69 Å². The number of nitrogens with zero attached hydrogens (tertiary/aromatic N) is 1. The first kappa shape index (κ1) is 13.1. The van der Waals surface area contributed by atoms with Crippen molar-refractivity contribution in [1.82, 2.24) is 0 Å². The summed E-state index contributed by atoms with van der Waals surface area (Å²) in [5.41, 5.74) is 0.873. The molecule has 0 radical (unpaired) electrons. The molecule has 0 N–H and O–H groups in total. The summed E-state index contributed by atoms with van der Waals surface area (Å²) in [4.78, 5) is 15.3. The Morgan fingerprint density at radius 3 is 2.70 bits per heavy atom. The number of fused-ring (bicyclic) bond motifs is 1. The van der Waals surface area contributed by atoms with Crippen molar-refractivity contribution < 1.29 is 9.53 Å². The highest BCUT2D eigenvalue weighted by atomic mass is 32.2. The number of rotatable bonds is 3. The molecule has 3 nitrogen and oxygen atoms in total. The predicted octanol–water partition coefficient (Wildman–Crippen LogP) is 3.20. The topological polar surface area (TPSA) is 29.5 Å². The molecule has 0 aliphatic carbocycles. The molecule has 0 spiro atoms. The number of carbonyl (C=O) groups is 1. The second-order valence-electron chi connectivity index (χ2n) is 4.46.